The lowest BCUT2D eigenvalue weighted by Gasteiger charge is -2.13. The van der Waals surface area contributed by atoms with Crippen molar-refractivity contribution in [2.24, 2.45) is 0 Å². The van der Waals surface area contributed by atoms with Crippen molar-refractivity contribution >= 4 is 26.6 Å². The highest BCUT2D eigenvalue weighted by Crippen LogP contribution is 2.36. The van der Waals surface area contributed by atoms with Crippen LogP contribution in [0, 0.1) is 11.3 Å². The van der Waals surface area contributed by atoms with Gasteiger partial charge < -0.3 is 9.30 Å². The molecule has 2 aromatic carbocycles. The first-order chi connectivity index (χ1) is 13.8. The average Bonchev–Trinajstić information content (AvgIpc) is 3.01. The number of aromatic nitrogens is 1. The number of sulfonamides is 1. The van der Waals surface area contributed by atoms with Crippen LogP contribution in [0.25, 0.3) is 22.2 Å². The summed E-state index contributed by atoms with van der Waals surface area (Å²) in [4.78, 5) is 0. The summed E-state index contributed by atoms with van der Waals surface area (Å²) in [7, 11) is -1.79. The van der Waals surface area contributed by atoms with Crippen molar-refractivity contribution in [3.63, 3.8) is 0 Å². The molecular formula is C22H25N3O3S. The Morgan fingerprint density at radius 1 is 1.17 bits per heavy atom. The Labute approximate surface area is 171 Å². The van der Waals surface area contributed by atoms with E-state index in [1.807, 2.05) is 30.3 Å². The van der Waals surface area contributed by atoms with Crippen molar-refractivity contribution in [2.75, 3.05) is 11.8 Å². The summed E-state index contributed by atoms with van der Waals surface area (Å²) >= 11 is 0. The van der Waals surface area contributed by atoms with Crippen LogP contribution in [-0.2, 0) is 16.6 Å². The molecule has 0 aliphatic rings. The minimum atomic E-state index is -3.41. The maximum absolute atomic E-state index is 12.1. The van der Waals surface area contributed by atoms with Crippen molar-refractivity contribution in [1.82, 2.24) is 4.57 Å². The van der Waals surface area contributed by atoms with E-state index in [0.717, 1.165) is 40.9 Å². The number of benzene rings is 2. The number of aryl methyl sites for hydroxylation is 1. The maximum Gasteiger partial charge on any atom is 0.235 e. The van der Waals surface area contributed by atoms with Gasteiger partial charge in [-0.3, -0.25) is 4.72 Å². The van der Waals surface area contributed by atoms with Gasteiger partial charge in [0.25, 0.3) is 0 Å². The van der Waals surface area contributed by atoms with Crippen LogP contribution in [0.4, 0.5) is 5.69 Å². The molecule has 1 aromatic heterocycles. The Hall–Kier alpha value is -2.98. The number of fused-ring (bicyclic) bond motifs is 1. The molecule has 3 aromatic rings. The second kappa shape index (κ2) is 8.18. The highest BCUT2D eigenvalue weighted by Gasteiger charge is 2.20. The molecule has 7 heteroatoms. The van der Waals surface area contributed by atoms with Crippen LogP contribution >= 0.6 is 0 Å². The summed E-state index contributed by atoms with van der Waals surface area (Å²) < 4.78 is 34.3. The number of nitrogens with one attached hydrogen (secondary N) is 1. The highest BCUT2D eigenvalue weighted by atomic mass is 32.2. The van der Waals surface area contributed by atoms with Gasteiger partial charge in [-0.25, -0.2) is 8.42 Å². The second-order valence-electron chi connectivity index (χ2n) is 7.14. The number of anilines is 1. The normalized spacial score (nSPS) is 11.6. The number of nitriles is 1. The van der Waals surface area contributed by atoms with E-state index < -0.39 is 15.3 Å². The molecule has 0 saturated carbocycles. The van der Waals surface area contributed by atoms with E-state index in [1.165, 1.54) is 0 Å². The summed E-state index contributed by atoms with van der Waals surface area (Å²) in [5.74, 6) is 0.738. The smallest absolute Gasteiger partial charge is 0.235 e. The number of methoxy groups -OCH3 is 1. The molecule has 152 valence electrons. The van der Waals surface area contributed by atoms with Gasteiger partial charge in [0.15, 0.2) is 0 Å². The van der Waals surface area contributed by atoms with E-state index in [9.17, 15) is 13.7 Å². The molecule has 0 fully saturated rings. The van der Waals surface area contributed by atoms with Crippen LogP contribution in [0.3, 0.4) is 0 Å². The summed E-state index contributed by atoms with van der Waals surface area (Å²) in [6.45, 7) is 6.11. The SMILES string of the molecule is CCCn1c(-c2ccc(NS(=O)(=O)C(C)C)cc2)c(C#N)c2ccc(OC)cc21. The standard InChI is InChI=1S/C22H25N3O3S/c1-5-12-25-21-13-18(28-4)10-11-19(21)20(14-23)22(25)16-6-8-17(9-7-16)24-29(26,27)15(2)3/h6-11,13,15,24H,5,12H2,1-4H3. The predicted octanol–water partition coefficient (Wildman–Crippen LogP) is 4.75. The lowest BCUT2D eigenvalue weighted by molar-refractivity contribution is 0.415. The highest BCUT2D eigenvalue weighted by molar-refractivity contribution is 7.93. The average molecular weight is 412 g/mol. The Bertz CT molecular complexity index is 1170. The van der Waals surface area contributed by atoms with E-state index in [1.54, 1.807) is 33.1 Å². The third-order valence-corrected chi connectivity index (χ3v) is 6.63. The zero-order valence-corrected chi connectivity index (χ0v) is 17.9. The van der Waals surface area contributed by atoms with Gasteiger partial charge in [0, 0.05) is 23.7 Å². The van der Waals surface area contributed by atoms with Gasteiger partial charge in [0.05, 0.1) is 29.1 Å². The van der Waals surface area contributed by atoms with Crippen molar-refractivity contribution in [1.29, 1.82) is 5.26 Å². The Morgan fingerprint density at radius 2 is 1.86 bits per heavy atom. The van der Waals surface area contributed by atoms with Gasteiger partial charge in [-0.2, -0.15) is 5.26 Å². The molecular weight excluding hydrogens is 386 g/mol. The number of rotatable bonds is 7. The quantitative estimate of drug-likeness (QED) is 0.608. The van der Waals surface area contributed by atoms with Gasteiger partial charge >= 0.3 is 0 Å². The van der Waals surface area contributed by atoms with Crippen LogP contribution in [0.5, 0.6) is 5.75 Å². The minimum absolute atomic E-state index is 0.501. The summed E-state index contributed by atoms with van der Waals surface area (Å²) in [6, 6.07) is 15.2. The second-order valence-corrected chi connectivity index (χ2v) is 9.38. The fraction of sp³-hybridized carbons (Fsp3) is 0.318. The summed E-state index contributed by atoms with van der Waals surface area (Å²) in [6.07, 6.45) is 0.908. The first kappa shape index (κ1) is 20.7. The molecule has 1 N–H and O–H groups in total. The van der Waals surface area contributed by atoms with E-state index in [4.69, 9.17) is 4.74 Å². The van der Waals surface area contributed by atoms with Crippen LogP contribution in [0.15, 0.2) is 42.5 Å². The van der Waals surface area contributed by atoms with Crippen LogP contribution in [0.1, 0.15) is 32.8 Å². The lowest BCUT2D eigenvalue weighted by Crippen LogP contribution is -2.22. The van der Waals surface area contributed by atoms with Gasteiger partial charge in [-0.15, -0.1) is 0 Å². The number of hydrogen-bond donors (Lipinski definition) is 1. The molecule has 0 atom stereocenters. The molecule has 0 aliphatic heterocycles. The third kappa shape index (κ3) is 3.94. The van der Waals surface area contributed by atoms with Gasteiger partial charge in [-0.05, 0) is 50.1 Å². The fourth-order valence-corrected chi connectivity index (χ4v) is 4.00. The number of hydrogen-bond acceptors (Lipinski definition) is 4. The van der Waals surface area contributed by atoms with E-state index in [0.29, 0.717) is 11.3 Å². The summed E-state index contributed by atoms with van der Waals surface area (Å²) in [5.41, 5.74) is 3.74. The molecule has 0 saturated heterocycles. The largest absolute Gasteiger partial charge is 0.497 e. The Balaban J connectivity index is 2.14. The van der Waals surface area contributed by atoms with Crippen molar-refractivity contribution in [3.05, 3.63) is 48.0 Å². The molecule has 3 rings (SSSR count). The fourth-order valence-electron chi connectivity index (χ4n) is 3.30. The number of ether oxygens (including phenoxy) is 1. The minimum Gasteiger partial charge on any atom is -0.497 e. The van der Waals surface area contributed by atoms with Crippen LogP contribution in [0.2, 0.25) is 0 Å². The molecule has 1 heterocycles. The van der Waals surface area contributed by atoms with E-state index in [2.05, 4.69) is 22.3 Å². The van der Waals surface area contributed by atoms with Crippen LogP contribution < -0.4 is 9.46 Å². The van der Waals surface area contributed by atoms with Gasteiger partial charge in [0.1, 0.15) is 11.8 Å². The molecule has 29 heavy (non-hydrogen) atoms. The molecule has 0 aliphatic carbocycles. The first-order valence-electron chi connectivity index (χ1n) is 9.54. The van der Waals surface area contributed by atoms with E-state index in [-0.39, 0.29) is 0 Å². The molecule has 0 unspecified atom stereocenters. The Kier molecular flexibility index (Phi) is 5.85. The zero-order chi connectivity index (χ0) is 21.2. The first-order valence-corrected chi connectivity index (χ1v) is 11.1. The monoisotopic (exact) mass is 411 g/mol. The molecule has 0 bridgehead atoms. The van der Waals surface area contributed by atoms with Gasteiger partial charge in [-0.1, -0.05) is 19.1 Å². The molecule has 6 nitrogen and oxygen atoms in total. The van der Waals surface area contributed by atoms with Crippen molar-refractivity contribution < 1.29 is 13.2 Å². The van der Waals surface area contributed by atoms with Gasteiger partial charge in [0.2, 0.25) is 10.0 Å². The van der Waals surface area contributed by atoms with Crippen molar-refractivity contribution in [3.8, 4) is 23.1 Å². The Morgan fingerprint density at radius 3 is 2.41 bits per heavy atom. The number of nitrogens with zero attached hydrogens (tertiary/aromatic N) is 2. The lowest BCUT2D eigenvalue weighted by atomic mass is 10.1. The molecule has 0 spiro atoms. The molecule has 0 amide bonds. The summed E-state index contributed by atoms with van der Waals surface area (Å²) in [5, 5.41) is 10.2. The topological polar surface area (TPSA) is 84.1 Å². The molecule has 0 radical (unpaired) electrons. The van der Waals surface area contributed by atoms with Crippen LogP contribution in [-0.4, -0.2) is 25.3 Å². The maximum atomic E-state index is 12.1. The predicted molar refractivity (Wildman–Crippen MR) is 117 cm³/mol. The zero-order valence-electron chi connectivity index (χ0n) is 17.1. The van der Waals surface area contributed by atoms with E-state index >= 15 is 0 Å². The van der Waals surface area contributed by atoms with Crippen molar-refractivity contribution in [2.45, 2.75) is 39.0 Å². The third-order valence-electron chi connectivity index (χ3n) is 4.87.